The third-order valence-corrected chi connectivity index (χ3v) is 6.72. The number of hydrogen-bond acceptors (Lipinski definition) is 0. The third-order valence-electron chi connectivity index (χ3n) is 6.72. The molecular weight excluding hydrogens is 350 g/mol. The zero-order valence-corrected chi connectivity index (χ0v) is 21.0. The average molecular weight is 409 g/mol. The molecule has 0 saturated heterocycles. The molecule has 29 heavy (non-hydrogen) atoms. The zero-order valence-electron chi connectivity index (χ0n) is 21.0. The largest absolute Gasteiger partial charge is 0.320 e. The Labute approximate surface area is 186 Å². The Bertz CT molecular complexity index is 314. The average Bonchev–Trinajstić information content (AvgIpc) is 2.73. The fourth-order valence-electron chi connectivity index (χ4n) is 4.69. The predicted octanol–water partition coefficient (Wildman–Crippen LogP) is 9.46. The first-order chi connectivity index (χ1) is 14.2. The number of rotatable bonds is 24. The van der Waals surface area contributed by atoms with Crippen molar-refractivity contribution < 1.29 is 4.48 Å². The molecule has 174 valence electrons. The molecule has 0 unspecified atom stereocenters. The van der Waals surface area contributed by atoms with Crippen molar-refractivity contribution in [1.82, 2.24) is 0 Å². The van der Waals surface area contributed by atoms with Crippen molar-refractivity contribution in [2.75, 3.05) is 26.2 Å². The van der Waals surface area contributed by atoms with E-state index in [4.69, 9.17) is 0 Å². The number of hydrogen-bond donors (Lipinski definition) is 0. The van der Waals surface area contributed by atoms with Crippen LogP contribution in [0.5, 0.6) is 0 Å². The number of nitrogens with zero attached hydrogens (tertiary/aromatic N) is 1. The van der Waals surface area contributed by atoms with Crippen LogP contribution in [-0.2, 0) is 0 Å². The van der Waals surface area contributed by atoms with Crippen LogP contribution >= 0.6 is 0 Å². The van der Waals surface area contributed by atoms with Crippen LogP contribution in [0.15, 0.2) is 12.7 Å². The van der Waals surface area contributed by atoms with Crippen LogP contribution in [0, 0.1) is 0 Å². The molecule has 0 aliphatic carbocycles. The molecule has 0 heterocycles. The van der Waals surface area contributed by atoms with Gasteiger partial charge in [-0.2, -0.15) is 0 Å². The Morgan fingerprint density at radius 2 is 0.759 bits per heavy atom. The van der Waals surface area contributed by atoms with Gasteiger partial charge in [0.25, 0.3) is 0 Å². The van der Waals surface area contributed by atoms with Crippen LogP contribution in [0.1, 0.15) is 143 Å². The lowest BCUT2D eigenvalue weighted by atomic mass is 10.0. The van der Waals surface area contributed by atoms with Crippen LogP contribution in [0.25, 0.3) is 0 Å². The molecule has 0 aromatic carbocycles. The summed E-state index contributed by atoms with van der Waals surface area (Å²) >= 11 is 0. The van der Waals surface area contributed by atoms with Gasteiger partial charge in [0.15, 0.2) is 0 Å². The van der Waals surface area contributed by atoms with E-state index < -0.39 is 0 Å². The highest BCUT2D eigenvalue weighted by Crippen LogP contribution is 2.17. The van der Waals surface area contributed by atoms with Crippen LogP contribution < -0.4 is 0 Å². The second-order valence-electron chi connectivity index (χ2n) is 9.64. The van der Waals surface area contributed by atoms with Gasteiger partial charge in [-0.1, -0.05) is 124 Å². The van der Waals surface area contributed by atoms with E-state index >= 15 is 0 Å². The van der Waals surface area contributed by atoms with E-state index in [1.807, 2.05) is 0 Å². The van der Waals surface area contributed by atoms with Crippen molar-refractivity contribution in [2.45, 2.75) is 143 Å². The summed E-state index contributed by atoms with van der Waals surface area (Å²) in [5.74, 6) is 0. The standard InChI is InChI=1S/C28H58N/c1-5-9-12-13-14-15-16-17-18-19-20-21-22-23-24-28-29(25-8-4,26-10-6-2)27-11-7-3/h8H,4-7,9-28H2,1-3H3/q+1. The van der Waals surface area contributed by atoms with Crippen molar-refractivity contribution in [1.29, 1.82) is 0 Å². The first-order valence-electron chi connectivity index (χ1n) is 13.7. The van der Waals surface area contributed by atoms with Crippen molar-refractivity contribution in [3.8, 4) is 0 Å². The third kappa shape index (κ3) is 18.2. The minimum absolute atomic E-state index is 1.18. The van der Waals surface area contributed by atoms with Gasteiger partial charge in [0.05, 0.1) is 26.2 Å². The Balaban J connectivity index is 3.67. The summed E-state index contributed by atoms with van der Waals surface area (Å²) in [4.78, 5) is 0. The molecule has 0 radical (unpaired) electrons. The first kappa shape index (κ1) is 28.7. The van der Waals surface area contributed by atoms with E-state index in [-0.39, 0.29) is 0 Å². The highest BCUT2D eigenvalue weighted by atomic mass is 15.3. The second kappa shape index (κ2) is 22.4. The molecule has 0 aromatic rings. The van der Waals surface area contributed by atoms with E-state index in [0.717, 1.165) is 0 Å². The van der Waals surface area contributed by atoms with E-state index in [1.54, 1.807) is 0 Å². The summed E-state index contributed by atoms with van der Waals surface area (Å²) in [6, 6.07) is 0. The molecule has 0 spiro atoms. The maximum absolute atomic E-state index is 4.07. The fourth-order valence-corrected chi connectivity index (χ4v) is 4.69. The van der Waals surface area contributed by atoms with Gasteiger partial charge in [-0.15, -0.1) is 0 Å². The van der Waals surface area contributed by atoms with Gasteiger partial charge in [-0.25, -0.2) is 0 Å². The maximum atomic E-state index is 4.07. The molecule has 1 nitrogen and oxygen atoms in total. The van der Waals surface area contributed by atoms with Crippen LogP contribution in [0.4, 0.5) is 0 Å². The Hall–Kier alpha value is -0.300. The molecule has 0 fully saturated rings. The van der Waals surface area contributed by atoms with Crippen LogP contribution in [-0.4, -0.2) is 30.7 Å². The quantitative estimate of drug-likeness (QED) is 0.0847. The Morgan fingerprint density at radius 1 is 0.448 bits per heavy atom. The minimum atomic E-state index is 1.18. The lowest BCUT2D eigenvalue weighted by molar-refractivity contribution is -0.923. The summed E-state index contributed by atoms with van der Waals surface area (Å²) in [6.07, 6.45) is 29.4. The van der Waals surface area contributed by atoms with Crippen LogP contribution in [0.3, 0.4) is 0 Å². The topological polar surface area (TPSA) is 0 Å². The second-order valence-corrected chi connectivity index (χ2v) is 9.64. The normalized spacial score (nSPS) is 11.8. The Morgan fingerprint density at radius 3 is 1.10 bits per heavy atom. The van der Waals surface area contributed by atoms with Crippen molar-refractivity contribution in [2.24, 2.45) is 0 Å². The van der Waals surface area contributed by atoms with Gasteiger partial charge in [0, 0.05) is 0 Å². The summed E-state index contributed by atoms with van der Waals surface area (Å²) in [5.41, 5.74) is 0. The van der Waals surface area contributed by atoms with Gasteiger partial charge in [-0.05, 0) is 31.8 Å². The van der Waals surface area contributed by atoms with E-state index in [2.05, 4.69) is 33.4 Å². The van der Waals surface area contributed by atoms with E-state index in [9.17, 15) is 0 Å². The number of quaternary nitrogens is 1. The van der Waals surface area contributed by atoms with Gasteiger partial charge in [0.2, 0.25) is 0 Å². The van der Waals surface area contributed by atoms with Gasteiger partial charge in [0.1, 0.15) is 0 Å². The summed E-state index contributed by atoms with van der Waals surface area (Å²) in [5, 5.41) is 0. The number of unbranched alkanes of at least 4 members (excludes halogenated alkanes) is 16. The highest BCUT2D eigenvalue weighted by Gasteiger charge is 2.24. The van der Waals surface area contributed by atoms with Crippen molar-refractivity contribution in [3.63, 3.8) is 0 Å². The SMILES string of the molecule is C=CC[N+](CCCC)(CCCC)CCCCCCCCCCCCCCCCC. The van der Waals surface area contributed by atoms with Gasteiger partial charge >= 0.3 is 0 Å². The lowest BCUT2D eigenvalue weighted by Crippen LogP contribution is -2.50. The predicted molar refractivity (Wildman–Crippen MR) is 135 cm³/mol. The molecule has 0 amide bonds. The molecule has 0 atom stereocenters. The monoisotopic (exact) mass is 408 g/mol. The lowest BCUT2D eigenvalue weighted by Gasteiger charge is -2.38. The zero-order chi connectivity index (χ0) is 21.5. The molecule has 1 heteroatoms. The molecule has 0 N–H and O–H groups in total. The highest BCUT2D eigenvalue weighted by molar-refractivity contribution is 4.67. The van der Waals surface area contributed by atoms with Crippen LogP contribution in [0.2, 0.25) is 0 Å². The molecule has 0 aliphatic heterocycles. The van der Waals surface area contributed by atoms with E-state index in [1.165, 1.54) is 153 Å². The van der Waals surface area contributed by atoms with Gasteiger partial charge in [-0.3, -0.25) is 0 Å². The molecule has 0 aliphatic rings. The first-order valence-corrected chi connectivity index (χ1v) is 13.7. The molecule has 0 saturated carbocycles. The van der Waals surface area contributed by atoms with Crippen molar-refractivity contribution >= 4 is 0 Å². The summed E-state index contributed by atoms with van der Waals surface area (Å²) in [6.45, 7) is 16.3. The van der Waals surface area contributed by atoms with Crippen molar-refractivity contribution in [3.05, 3.63) is 12.7 Å². The Kier molecular flexibility index (Phi) is 22.2. The van der Waals surface area contributed by atoms with E-state index in [0.29, 0.717) is 0 Å². The smallest absolute Gasteiger partial charge is 0.0971 e. The molecule has 0 rings (SSSR count). The molecule has 0 bridgehead atoms. The molecule has 0 aromatic heterocycles. The summed E-state index contributed by atoms with van der Waals surface area (Å²) < 4.78 is 1.31. The molecular formula is C28H58N+. The minimum Gasteiger partial charge on any atom is -0.320 e. The van der Waals surface area contributed by atoms with Gasteiger partial charge < -0.3 is 4.48 Å². The fraction of sp³-hybridized carbons (Fsp3) is 0.929. The maximum Gasteiger partial charge on any atom is 0.0971 e. The summed E-state index contributed by atoms with van der Waals surface area (Å²) in [7, 11) is 0.